The molecule has 0 spiro atoms. The van der Waals surface area contributed by atoms with Crippen LogP contribution in [-0.2, 0) is 0 Å². The minimum absolute atomic E-state index is 0.00697. The van der Waals surface area contributed by atoms with E-state index in [1.807, 2.05) is 84.9 Å². The number of rotatable bonds is 12. The lowest BCUT2D eigenvalue weighted by atomic mass is 9.80. The number of nitrogens with zero attached hydrogens (tertiary/aromatic N) is 8. The molecule has 8 aromatic carbocycles. The molecule has 0 aliphatic rings. The highest BCUT2D eigenvalue weighted by Gasteiger charge is 2.15. The quantitative estimate of drug-likeness (QED) is 0.0416. The van der Waals surface area contributed by atoms with Gasteiger partial charge in [-0.1, -0.05) is 82.7 Å². The fourth-order valence-corrected chi connectivity index (χ4v) is 8.09. The van der Waals surface area contributed by atoms with E-state index in [1.54, 1.807) is 122 Å². The number of hydrogen-bond acceptors (Lipinski definition) is 21. The molecule has 0 aliphatic heterocycles. The summed E-state index contributed by atoms with van der Waals surface area (Å²) in [5, 5.41) is 45.8. The Morgan fingerprint density at radius 1 is 0.453 bits per heavy atom. The third-order valence-corrected chi connectivity index (χ3v) is 12.6. The van der Waals surface area contributed by atoms with Gasteiger partial charge in [0.15, 0.2) is 11.6 Å². The van der Waals surface area contributed by atoms with Crippen molar-refractivity contribution in [3.8, 4) is 108 Å². The molecule has 0 aliphatic carbocycles. The molecule has 12 N–H and O–H groups in total. The van der Waals surface area contributed by atoms with Gasteiger partial charge in [-0.25, -0.2) is 4.85 Å². The van der Waals surface area contributed by atoms with E-state index in [4.69, 9.17) is 73.2 Å². The average Bonchev–Trinajstić information content (AvgIpc) is 3.41. The number of nitrogen functional groups attached to an aromatic ring is 4. The van der Waals surface area contributed by atoms with Gasteiger partial charge in [0.05, 0.1) is 65.9 Å². The minimum atomic E-state index is -1.40. The summed E-state index contributed by atoms with van der Waals surface area (Å²) in [6.45, 7) is 6.81. The van der Waals surface area contributed by atoms with Gasteiger partial charge in [-0.05, 0) is 142 Å². The van der Waals surface area contributed by atoms with E-state index in [0.717, 1.165) is 49.4 Å². The maximum absolute atomic E-state index is 10.0. The molecule has 0 unspecified atom stereocenters. The summed E-state index contributed by atoms with van der Waals surface area (Å²) >= 11 is 3.27. The lowest BCUT2D eigenvalue weighted by Gasteiger charge is -2.11. The van der Waals surface area contributed by atoms with Gasteiger partial charge >= 0.3 is 7.12 Å². The third-order valence-electron chi connectivity index (χ3n) is 12.1. The predicted octanol–water partition coefficient (Wildman–Crippen LogP) is 9.79. The molecule has 0 atom stereocenters. The number of nitrogens with two attached hydrogens (primary N) is 4. The van der Waals surface area contributed by atoms with Crippen LogP contribution in [-0.4, -0.2) is 99.9 Å². The van der Waals surface area contributed by atoms with Crippen LogP contribution >= 0.6 is 15.9 Å². The number of aromatic hydroxyl groups is 2. The lowest BCUT2D eigenvalue weighted by molar-refractivity contribution is 0.413. The smallest absolute Gasteiger partial charge is 0.488 e. The average molecular weight is 1220 g/mol. The van der Waals surface area contributed by atoms with Gasteiger partial charge in [0.1, 0.15) is 52.1 Å². The Morgan fingerprint density at radius 3 is 1.27 bits per heavy atom. The highest BCUT2D eigenvalue weighted by Crippen LogP contribution is 2.36. The molecule has 10 rings (SSSR count). The van der Waals surface area contributed by atoms with Crippen molar-refractivity contribution in [3.05, 3.63) is 191 Å². The van der Waals surface area contributed by atoms with Crippen molar-refractivity contribution >= 4 is 58.0 Å². The first kappa shape index (κ1) is 64.0. The number of methoxy groups -OCH3 is 6. The standard InChI is InChI=1S/C17H17N5O2.C15H13N5O2.C15H13NO2.C8H6BrNO.C7H9BO3/c1-23-12-6-3-10(4-7-12)11-5-8-14(24-2)13(9-11)15-20-16(18)22-17(19)21-15;16-14-18-13(19-15(17)20-14)11-7-9(3-6-12(11)22)8-1-4-10(21)5-2-8;1-17-14-6-3-11(4-7-14)12-5-8-15(18-2)13(9-12)10-16;1-10-7-5-6(9)3-4-8(7)11-2;1-11-7-4-2-6(3-5-7)8(9)10/h3-9H,1-2H3,(H4,18,19,20,21,22);1-7,21-22H,(H4,16,17,18,19,20);3-9H,1-2H3;3-5H,2H3;2-5,9-10H,1H3. The number of anilines is 4. The highest BCUT2D eigenvalue weighted by molar-refractivity contribution is 9.10. The molecule has 24 heteroatoms. The van der Waals surface area contributed by atoms with Crippen molar-refractivity contribution in [2.75, 3.05) is 65.6 Å². The Bertz CT molecular complexity index is 3910. The number of benzene rings is 8. The van der Waals surface area contributed by atoms with Gasteiger partial charge in [-0.3, -0.25) is 0 Å². The number of phenolic OH excluding ortho intramolecular Hbond substituents is 2. The largest absolute Gasteiger partial charge is 0.508 e. The van der Waals surface area contributed by atoms with Crippen molar-refractivity contribution in [2.24, 2.45) is 0 Å². The fourth-order valence-electron chi connectivity index (χ4n) is 7.74. The first-order valence-corrected chi connectivity index (χ1v) is 26.2. The van der Waals surface area contributed by atoms with Gasteiger partial charge in [-0.15, -0.1) is 0 Å². The van der Waals surface area contributed by atoms with Crippen molar-refractivity contribution in [1.82, 2.24) is 29.9 Å². The Hall–Kier alpha value is -11.2. The first-order chi connectivity index (χ1) is 41.4. The Balaban J connectivity index is 0.000000178. The molecule has 2 heterocycles. The first-order valence-electron chi connectivity index (χ1n) is 25.4. The molecular formula is C62H58BBrN12O10. The molecule has 22 nitrogen and oxygen atoms in total. The summed E-state index contributed by atoms with van der Waals surface area (Å²) in [7, 11) is 8.12. The molecule has 0 saturated heterocycles. The molecule has 436 valence electrons. The second-order valence-corrected chi connectivity index (χ2v) is 18.4. The highest BCUT2D eigenvalue weighted by atomic mass is 79.9. The van der Waals surface area contributed by atoms with Crippen LogP contribution in [0.25, 0.3) is 61.0 Å². The van der Waals surface area contributed by atoms with Crippen LogP contribution in [0.5, 0.6) is 46.0 Å². The Kier molecular flexibility index (Phi) is 23.3. The topological polar surface area (TPSA) is 346 Å². The molecular weight excluding hydrogens is 1160 g/mol. The second kappa shape index (κ2) is 31.3. The molecule has 2 aromatic heterocycles. The number of halogens is 1. The van der Waals surface area contributed by atoms with Crippen LogP contribution in [0.2, 0.25) is 0 Å². The van der Waals surface area contributed by atoms with Crippen LogP contribution in [0, 0.1) is 17.9 Å². The normalized spacial score (nSPS) is 9.94. The zero-order valence-corrected chi connectivity index (χ0v) is 48.8. The van der Waals surface area contributed by atoms with E-state index in [2.05, 4.69) is 56.7 Å². The Morgan fingerprint density at radius 2 is 0.837 bits per heavy atom. The number of phenols is 2. The van der Waals surface area contributed by atoms with Gasteiger partial charge in [0, 0.05) is 4.47 Å². The fraction of sp³-hybridized carbons (Fsp3) is 0.0968. The molecule has 10 aromatic rings. The van der Waals surface area contributed by atoms with Crippen molar-refractivity contribution in [3.63, 3.8) is 0 Å². The van der Waals surface area contributed by atoms with Crippen LogP contribution in [0.15, 0.2) is 174 Å². The maximum Gasteiger partial charge on any atom is 0.488 e. The summed E-state index contributed by atoms with van der Waals surface area (Å²) < 4.78 is 31.6. The monoisotopic (exact) mass is 1220 g/mol. The third kappa shape index (κ3) is 17.9. The van der Waals surface area contributed by atoms with E-state index in [9.17, 15) is 10.2 Å². The molecule has 0 saturated carbocycles. The molecule has 0 amide bonds. The summed E-state index contributed by atoms with van der Waals surface area (Å²) in [4.78, 5) is 27.1. The van der Waals surface area contributed by atoms with Crippen molar-refractivity contribution < 1.29 is 48.7 Å². The zero-order chi connectivity index (χ0) is 62.3. The van der Waals surface area contributed by atoms with Crippen molar-refractivity contribution in [1.29, 1.82) is 5.26 Å². The predicted molar refractivity (Wildman–Crippen MR) is 335 cm³/mol. The SMILES string of the molecule is COc1ccc(-c2ccc(OC)c(-c3nc(N)nc(N)n3)c2)cc1.COc1ccc(-c2ccc(OC)c(C#N)c2)cc1.COc1ccc(B(O)O)cc1.Nc1nc(N)nc(-c2cc(-c3ccc(O)cc3)ccc2O)n1.[C-]#[N+]c1cc(Br)ccc1OC. The van der Waals surface area contributed by atoms with Gasteiger partial charge in [0.25, 0.3) is 0 Å². The van der Waals surface area contributed by atoms with Crippen LogP contribution in [0.1, 0.15) is 5.56 Å². The molecule has 86 heavy (non-hydrogen) atoms. The molecule has 0 bridgehead atoms. The van der Waals surface area contributed by atoms with Crippen molar-refractivity contribution in [2.45, 2.75) is 0 Å². The number of nitriles is 1. The number of aromatic nitrogens is 6. The minimum Gasteiger partial charge on any atom is -0.508 e. The summed E-state index contributed by atoms with van der Waals surface area (Å²) in [6, 6.07) is 52.5. The van der Waals surface area contributed by atoms with E-state index in [-0.39, 0.29) is 41.1 Å². The van der Waals surface area contributed by atoms with Gasteiger partial charge in [-0.2, -0.15) is 35.2 Å². The van der Waals surface area contributed by atoms with Crippen LogP contribution in [0.3, 0.4) is 0 Å². The molecule has 0 radical (unpaired) electrons. The zero-order valence-electron chi connectivity index (χ0n) is 47.2. The lowest BCUT2D eigenvalue weighted by Crippen LogP contribution is -2.29. The van der Waals surface area contributed by atoms with Gasteiger partial charge < -0.3 is 71.6 Å². The Labute approximate surface area is 504 Å². The number of hydrogen-bond donors (Lipinski definition) is 8. The second-order valence-electron chi connectivity index (χ2n) is 17.5. The van der Waals surface area contributed by atoms with E-state index in [1.165, 1.54) is 6.07 Å². The van der Waals surface area contributed by atoms with E-state index in [0.29, 0.717) is 56.7 Å². The van der Waals surface area contributed by atoms with E-state index >= 15 is 0 Å². The van der Waals surface area contributed by atoms with Gasteiger partial charge in [0.2, 0.25) is 29.5 Å². The molecule has 0 fully saturated rings. The summed E-state index contributed by atoms with van der Waals surface area (Å²) in [5.41, 5.74) is 30.8. The number of ether oxygens (including phenoxy) is 6. The van der Waals surface area contributed by atoms with Crippen LogP contribution in [0.4, 0.5) is 29.5 Å². The van der Waals surface area contributed by atoms with E-state index < -0.39 is 7.12 Å². The summed E-state index contributed by atoms with van der Waals surface area (Å²) in [6.07, 6.45) is 0. The van der Waals surface area contributed by atoms with Crippen LogP contribution < -0.4 is 56.8 Å². The maximum atomic E-state index is 10.0. The summed E-state index contributed by atoms with van der Waals surface area (Å²) in [5.74, 6) is 4.99.